The minimum Gasteiger partial charge on any atom is -0.295 e. The first-order chi connectivity index (χ1) is 14.8. The second kappa shape index (κ2) is 8.51. The molecule has 6 nitrogen and oxygen atoms in total. The number of sulfonamides is 1. The Morgan fingerprint density at radius 2 is 1.94 bits per heavy atom. The number of carbonyl (C=O) groups excluding carboxylic acids is 1. The van der Waals surface area contributed by atoms with E-state index in [4.69, 9.17) is 0 Å². The van der Waals surface area contributed by atoms with Gasteiger partial charge in [0.05, 0.1) is 17.2 Å². The van der Waals surface area contributed by atoms with Gasteiger partial charge >= 0.3 is 0 Å². The lowest BCUT2D eigenvalue weighted by Crippen LogP contribution is -2.30. The molecule has 162 valence electrons. The molecule has 0 spiro atoms. The molecular formula is C23H25N3O3S2. The Hall–Kier alpha value is -2.58. The van der Waals surface area contributed by atoms with Gasteiger partial charge in [0.25, 0.3) is 0 Å². The number of Topliss-reactive ketones (excluding diaryl/α,β-unsaturated/α-hetero) is 1. The molecule has 0 amide bonds. The van der Waals surface area contributed by atoms with Crippen molar-refractivity contribution in [3.63, 3.8) is 0 Å². The molecule has 8 heteroatoms. The van der Waals surface area contributed by atoms with Crippen molar-refractivity contribution in [3.8, 4) is 5.69 Å². The van der Waals surface area contributed by atoms with Crippen LogP contribution >= 0.6 is 11.8 Å². The van der Waals surface area contributed by atoms with Gasteiger partial charge in [0.15, 0.2) is 10.9 Å². The molecule has 1 aliphatic heterocycles. The molecule has 0 saturated heterocycles. The number of fused-ring (bicyclic) bond motifs is 1. The number of anilines is 1. The van der Waals surface area contributed by atoms with Gasteiger partial charge in [-0.15, -0.1) is 0 Å². The number of thioether (sulfide) groups is 1. The molecule has 0 saturated carbocycles. The molecule has 2 heterocycles. The predicted octanol–water partition coefficient (Wildman–Crippen LogP) is 4.18. The fourth-order valence-electron chi connectivity index (χ4n) is 3.67. The van der Waals surface area contributed by atoms with Crippen LogP contribution in [0.2, 0.25) is 0 Å². The Morgan fingerprint density at radius 3 is 2.68 bits per heavy atom. The van der Waals surface area contributed by atoms with Crippen LogP contribution in [0.3, 0.4) is 0 Å². The summed E-state index contributed by atoms with van der Waals surface area (Å²) in [6.45, 7) is 6.23. The molecule has 3 aromatic rings. The summed E-state index contributed by atoms with van der Waals surface area (Å²) in [5, 5.41) is 0.762. The van der Waals surface area contributed by atoms with Crippen LogP contribution in [-0.2, 0) is 16.4 Å². The van der Waals surface area contributed by atoms with Gasteiger partial charge in [-0.2, -0.15) is 0 Å². The predicted molar refractivity (Wildman–Crippen MR) is 125 cm³/mol. The van der Waals surface area contributed by atoms with Crippen LogP contribution < -0.4 is 4.31 Å². The lowest BCUT2D eigenvalue weighted by atomic mass is 10.1. The van der Waals surface area contributed by atoms with E-state index in [-0.39, 0.29) is 17.3 Å². The van der Waals surface area contributed by atoms with Crippen molar-refractivity contribution in [1.82, 2.24) is 9.55 Å². The Bertz CT molecular complexity index is 1250. The van der Waals surface area contributed by atoms with E-state index in [1.165, 1.54) is 27.2 Å². The van der Waals surface area contributed by atoms with E-state index in [1.54, 1.807) is 25.3 Å². The molecule has 1 aromatic heterocycles. The van der Waals surface area contributed by atoms with Crippen LogP contribution in [0, 0.1) is 13.8 Å². The van der Waals surface area contributed by atoms with Gasteiger partial charge in [0, 0.05) is 30.2 Å². The van der Waals surface area contributed by atoms with Crippen molar-refractivity contribution in [2.45, 2.75) is 32.3 Å². The van der Waals surface area contributed by atoms with E-state index in [1.807, 2.05) is 22.9 Å². The van der Waals surface area contributed by atoms with Crippen molar-refractivity contribution < 1.29 is 13.2 Å². The van der Waals surface area contributed by atoms with Gasteiger partial charge in [0.1, 0.15) is 0 Å². The maximum Gasteiger partial charge on any atom is 0.234 e. The number of carbonyl (C=O) groups is 1. The summed E-state index contributed by atoms with van der Waals surface area (Å²) >= 11 is 1.40. The van der Waals surface area contributed by atoms with Crippen LogP contribution in [0.1, 0.15) is 34.0 Å². The zero-order valence-corrected chi connectivity index (χ0v) is 19.5. The van der Waals surface area contributed by atoms with Crippen molar-refractivity contribution in [2.75, 3.05) is 22.4 Å². The van der Waals surface area contributed by atoms with E-state index >= 15 is 0 Å². The van der Waals surface area contributed by atoms with E-state index in [0.29, 0.717) is 24.2 Å². The Kier molecular flexibility index (Phi) is 5.94. The number of aryl methyl sites for hydroxylation is 2. The van der Waals surface area contributed by atoms with Crippen LogP contribution in [0.15, 0.2) is 53.9 Å². The van der Waals surface area contributed by atoms with Crippen molar-refractivity contribution in [1.29, 1.82) is 0 Å². The summed E-state index contributed by atoms with van der Waals surface area (Å²) in [6.07, 6.45) is 4.26. The minimum absolute atomic E-state index is 0.000708. The third kappa shape index (κ3) is 4.27. The highest BCUT2D eigenvalue weighted by Crippen LogP contribution is 2.32. The molecule has 0 N–H and O–H groups in total. The van der Waals surface area contributed by atoms with Crippen LogP contribution in [-0.4, -0.2) is 41.8 Å². The van der Waals surface area contributed by atoms with Gasteiger partial charge in [-0.25, -0.2) is 13.4 Å². The Morgan fingerprint density at radius 1 is 1.13 bits per heavy atom. The molecule has 0 atom stereocenters. The quantitative estimate of drug-likeness (QED) is 0.395. The number of hydrogen-bond donors (Lipinski definition) is 0. The molecule has 1 aliphatic rings. The Balaban J connectivity index is 1.49. The molecule has 2 aromatic carbocycles. The number of imidazole rings is 1. The fourth-order valence-corrected chi connectivity index (χ4v) is 5.70. The third-order valence-corrected chi connectivity index (χ3v) is 8.41. The summed E-state index contributed by atoms with van der Waals surface area (Å²) < 4.78 is 27.9. The molecule has 0 fully saturated rings. The van der Waals surface area contributed by atoms with Crippen molar-refractivity contribution >= 4 is 33.3 Å². The fraction of sp³-hybridized carbons (Fsp3) is 0.304. The first kappa shape index (κ1) is 21.6. The standard InChI is InChI=1S/C23H25N3O3S2/c1-4-31(28,29)26-11-9-18-14-19(6-8-21(18)26)22(27)15-30-23-24-10-12-25(23)20-7-5-16(2)17(3)13-20/h5-8,10,12-14H,4,9,11,15H2,1-3H3. The largest absolute Gasteiger partial charge is 0.295 e. The van der Waals surface area contributed by atoms with Gasteiger partial charge in [-0.1, -0.05) is 17.8 Å². The van der Waals surface area contributed by atoms with Crippen LogP contribution in [0.5, 0.6) is 0 Å². The van der Waals surface area contributed by atoms with E-state index in [2.05, 4.69) is 31.0 Å². The number of aromatic nitrogens is 2. The molecule has 0 aliphatic carbocycles. The highest BCUT2D eigenvalue weighted by molar-refractivity contribution is 7.99. The zero-order valence-electron chi connectivity index (χ0n) is 17.8. The second-order valence-corrected chi connectivity index (χ2v) is 10.8. The van der Waals surface area contributed by atoms with E-state index in [0.717, 1.165) is 16.4 Å². The maximum atomic E-state index is 12.8. The molecule has 0 unspecified atom stereocenters. The zero-order chi connectivity index (χ0) is 22.2. The highest BCUT2D eigenvalue weighted by atomic mass is 32.2. The average Bonchev–Trinajstić information content (AvgIpc) is 3.40. The Labute approximate surface area is 187 Å². The SMILES string of the molecule is CCS(=O)(=O)N1CCc2cc(C(=O)CSc3nccn3-c3ccc(C)c(C)c3)ccc21. The number of hydrogen-bond acceptors (Lipinski definition) is 5. The summed E-state index contributed by atoms with van der Waals surface area (Å²) in [5.74, 6) is 0.327. The number of rotatable bonds is 7. The van der Waals surface area contributed by atoms with E-state index < -0.39 is 10.0 Å². The molecule has 0 radical (unpaired) electrons. The number of benzene rings is 2. The summed E-state index contributed by atoms with van der Waals surface area (Å²) in [4.78, 5) is 17.2. The van der Waals surface area contributed by atoms with Crippen LogP contribution in [0.4, 0.5) is 5.69 Å². The summed E-state index contributed by atoms with van der Waals surface area (Å²) in [6, 6.07) is 11.5. The first-order valence-electron chi connectivity index (χ1n) is 10.2. The molecule has 4 rings (SSSR count). The summed E-state index contributed by atoms with van der Waals surface area (Å²) in [7, 11) is -3.29. The topological polar surface area (TPSA) is 72.3 Å². The normalized spacial score (nSPS) is 13.5. The monoisotopic (exact) mass is 455 g/mol. The van der Waals surface area contributed by atoms with Crippen molar-refractivity contribution in [2.24, 2.45) is 0 Å². The summed E-state index contributed by atoms with van der Waals surface area (Å²) in [5.41, 5.74) is 5.66. The van der Waals surface area contributed by atoms with Gasteiger partial charge in [-0.3, -0.25) is 13.7 Å². The second-order valence-electron chi connectivity index (χ2n) is 7.63. The number of nitrogens with zero attached hydrogens (tertiary/aromatic N) is 3. The lowest BCUT2D eigenvalue weighted by Gasteiger charge is -2.18. The van der Waals surface area contributed by atoms with Gasteiger partial charge < -0.3 is 0 Å². The van der Waals surface area contributed by atoms with Gasteiger partial charge in [0.2, 0.25) is 10.0 Å². The molecule has 0 bridgehead atoms. The average molecular weight is 456 g/mol. The number of ketones is 1. The lowest BCUT2D eigenvalue weighted by molar-refractivity contribution is 0.102. The smallest absolute Gasteiger partial charge is 0.234 e. The van der Waals surface area contributed by atoms with Crippen molar-refractivity contribution in [3.05, 3.63) is 71.0 Å². The third-order valence-electron chi connectivity index (χ3n) is 5.66. The molecule has 31 heavy (non-hydrogen) atoms. The highest BCUT2D eigenvalue weighted by Gasteiger charge is 2.28. The molecular weight excluding hydrogens is 430 g/mol. The van der Waals surface area contributed by atoms with Gasteiger partial charge in [-0.05, 0) is 74.2 Å². The van der Waals surface area contributed by atoms with Crippen LogP contribution in [0.25, 0.3) is 5.69 Å². The maximum absolute atomic E-state index is 12.8. The van der Waals surface area contributed by atoms with E-state index in [9.17, 15) is 13.2 Å². The first-order valence-corrected chi connectivity index (χ1v) is 12.8. The minimum atomic E-state index is -3.29.